The molecule has 0 aliphatic heterocycles. The molecule has 3 heteroatoms. The lowest BCUT2D eigenvalue weighted by atomic mass is 9.91. The number of Topliss-reactive ketones (excluding diaryl/α,β-unsaturated/α-hetero) is 1. The van der Waals surface area contributed by atoms with E-state index in [1.807, 2.05) is 18.2 Å². The molecule has 0 bridgehead atoms. The number of carbonyl (C=O) groups is 1. The van der Waals surface area contributed by atoms with Crippen molar-refractivity contribution in [3.63, 3.8) is 0 Å². The molecule has 0 radical (unpaired) electrons. The van der Waals surface area contributed by atoms with Gasteiger partial charge in [-0.15, -0.1) is 0 Å². The average molecular weight is 275 g/mol. The van der Waals surface area contributed by atoms with Crippen molar-refractivity contribution in [2.75, 3.05) is 14.2 Å². The number of para-hydroxylation sites is 1. The number of benzene rings is 1. The topological polar surface area (TPSA) is 29.5 Å². The Bertz CT molecular complexity index is 458. The summed E-state index contributed by atoms with van der Waals surface area (Å²) < 4.78 is 5.41. The summed E-state index contributed by atoms with van der Waals surface area (Å²) in [7, 11) is 3.78. The van der Waals surface area contributed by atoms with Gasteiger partial charge in [0.15, 0.2) is 0 Å². The largest absolute Gasteiger partial charge is 0.496 e. The SMILES string of the molecule is COc1ccccc1CC(C)N(C)C1CCCCC1=O. The zero-order valence-corrected chi connectivity index (χ0v) is 12.8. The van der Waals surface area contributed by atoms with Crippen molar-refractivity contribution >= 4 is 5.78 Å². The van der Waals surface area contributed by atoms with E-state index in [0.717, 1.165) is 31.4 Å². The van der Waals surface area contributed by atoms with Gasteiger partial charge in [-0.05, 0) is 44.9 Å². The first-order valence-corrected chi connectivity index (χ1v) is 7.50. The molecule has 1 saturated carbocycles. The number of methoxy groups -OCH3 is 1. The van der Waals surface area contributed by atoms with Crippen LogP contribution in [0.3, 0.4) is 0 Å². The van der Waals surface area contributed by atoms with Crippen LogP contribution in [0.25, 0.3) is 0 Å². The fourth-order valence-corrected chi connectivity index (χ4v) is 3.04. The minimum atomic E-state index is 0.105. The van der Waals surface area contributed by atoms with Crippen LogP contribution < -0.4 is 4.74 Å². The maximum absolute atomic E-state index is 12.0. The van der Waals surface area contributed by atoms with Crippen LogP contribution >= 0.6 is 0 Å². The normalized spacial score (nSPS) is 21.0. The third kappa shape index (κ3) is 3.40. The summed E-state index contributed by atoms with van der Waals surface area (Å²) in [5.41, 5.74) is 1.21. The van der Waals surface area contributed by atoms with E-state index in [-0.39, 0.29) is 6.04 Å². The van der Waals surface area contributed by atoms with Crippen LogP contribution in [0.1, 0.15) is 38.2 Å². The highest BCUT2D eigenvalue weighted by atomic mass is 16.5. The Balaban J connectivity index is 2.03. The first kappa shape index (κ1) is 15.0. The van der Waals surface area contributed by atoms with E-state index >= 15 is 0 Å². The van der Waals surface area contributed by atoms with Crippen molar-refractivity contribution in [2.24, 2.45) is 0 Å². The number of ether oxygens (including phenoxy) is 1. The van der Waals surface area contributed by atoms with Crippen molar-refractivity contribution in [1.29, 1.82) is 0 Å². The fourth-order valence-electron chi connectivity index (χ4n) is 3.04. The highest BCUT2D eigenvalue weighted by Gasteiger charge is 2.28. The molecule has 110 valence electrons. The minimum Gasteiger partial charge on any atom is -0.496 e. The lowest BCUT2D eigenvalue weighted by Crippen LogP contribution is -2.45. The summed E-state index contributed by atoms with van der Waals surface area (Å²) in [5, 5.41) is 0. The number of hydrogen-bond acceptors (Lipinski definition) is 3. The fraction of sp³-hybridized carbons (Fsp3) is 0.588. The van der Waals surface area contributed by atoms with Crippen molar-refractivity contribution in [2.45, 2.75) is 51.1 Å². The summed E-state index contributed by atoms with van der Waals surface area (Å²) in [6, 6.07) is 8.56. The lowest BCUT2D eigenvalue weighted by Gasteiger charge is -2.34. The Labute approximate surface area is 121 Å². The second-order valence-corrected chi connectivity index (χ2v) is 5.76. The summed E-state index contributed by atoms with van der Waals surface area (Å²) in [5.74, 6) is 1.34. The van der Waals surface area contributed by atoms with E-state index in [2.05, 4.69) is 24.9 Å². The van der Waals surface area contributed by atoms with Gasteiger partial charge in [-0.2, -0.15) is 0 Å². The summed E-state index contributed by atoms with van der Waals surface area (Å²) in [4.78, 5) is 14.3. The highest BCUT2D eigenvalue weighted by Crippen LogP contribution is 2.24. The van der Waals surface area contributed by atoms with Crippen LogP contribution in [-0.2, 0) is 11.2 Å². The van der Waals surface area contributed by atoms with Crippen molar-refractivity contribution in [1.82, 2.24) is 4.90 Å². The van der Waals surface area contributed by atoms with Crippen LogP contribution in [0.15, 0.2) is 24.3 Å². The van der Waals surface area contributed by atoms with E-state index in [4.69, 9.17) is 4.74 Å². The predicted molar refractivity (Wildman–Crippen MR) is 81.2 cm³/mol. The van der Waals surface area contributed by atoms with Crippen LogP contribution in [0.4, 0.5) is 0 Å². The second-order valence-electron chi connectivity index (χ2n) is 5.76. The van der Waals surface area contributed by atoms with Gasteiger partial charge in [0.05, 0.1) is 13.2 Å². The summed E-state index contributed by atoms with van der Waals surface area (Å²) in [6.07, 6.45) is 4.89. The van der Waals surface area contributed by atoms with Crippen molar-refractivity contribution in [3.8, 4) is 5.75 Å². The molecule has 2 rings (SSSR count). The molecular formula is C17H25NO2. The monoisotopic (exact) mass is 275 g/mol. The summed E-state index contributed by atoms with van der Waals surface area (Å²) in [6.45, 7) is 2.19. The van der Waals surface area contributed by atoms with Crippen molar-refractivity contribution < 1.29 is 9.53 Å². The molecular weight excluding hydrogens is 250 g/mol. The number of likely N-dealkylation sites (N-methyl/N-ethyl adjacent to an activating group) is 1. The molecule has 20 heavy (non-hydrogen) atoms. The summed E-state index contributed by atoms with van der Waals surface area (Å²) >= 11 is 0. The zero-order chi connectivity index (χ0) is 14.5. The molecule has 1 aliphatic rings. The number of hydrogen-bond donors (Lipinski definition) is 0. The van der Waals surface area contributed by atoms with Crippen molar-refractivity contribution in [3.05, 3.63) is 29.8 Å². The Hall–Kier alpha value is -1.35. The third-order valence-corrected chi connectivity index (χ3v) is 4.42. The van der Waals surface area contributed by atoms with E-state index in [1.54, 1.807) is 7.11 Å². The van der Waals surface area contributed by atoms with E-state index in [1.165, 1.54) is 12.0 Å². The zero-order valence-electron chi connectivity index (χ0n) is 12.8. The maximum atomic E-state index is 12.0. The van der Waals surface area contributed by atoms with Gasteiger partial charge in [0.2, 0.25) is 0 Å². The molecule has 0 spiro atoms. The average Bonchev–Trinajstić information content (AvgIpc) is 2.47. The minimum absolute atomic E-state index is 0.105. The van der Waals surface area contributed by atoms with Gasteiger partial charge in [0.25, 0.3) is 0 Å². The van der Waals surface area contributed by atoms with Crippen LogP contribution in [0.5, 0.6) is 5.75 Å². The number of rotatable bonds is 5. The van der Waals surface area contributed by atoms with Gasteiger partial charge in [0, 0.05) is 12.5 Å². The molecule has 3 nitrogen and oxygen atoms in total. The molecule has 1 aromatic rings. The van der Waals surface area contributed by atoms with E-state index in [9.17, 15) is 4.79 Å². The Kier molecular flexibility index (Phi) is 5.18. The maximum Gasteiger partial charge on any atom is 0.149 e. The van der Waals surface area contributed by atoms with Gasteiger partial charge in [0.1, 0.15) is 11.5 Å². The van der Waals surface area contributed by atoms with Gasteiger partial charge in [-0.3, -0.25) is 9.69 Å². The molecule has 0 heterocycles. The number of nitrogens with zero attached hydrogens (tertiary/aromatic N) is 1. The second kappa shape index (κ2) is 6.89. The molecule has 0 aromatic heterocycles. The molecule has 0 saturated heterocycles. The molecule has 1 aromatic carbocycles. The van der Waals surface area contributed by atoms with Gasteiger partial charge >= 0.3 is 0 Å². The first-order valence-electron chi connectivity index (χ1n) is 7.50. The Morgan fingerprint density at radius 1 is 1.35 bits per heavy atom. The van der Waals surface area contributed by atoms with Crippen LogP contribution in [0.2, 0.25) is 0 Å². The van der Waals surface area contributed by atoms with Gasteiger partial charge in [-0.1, -0.05) is 24.6 Å². The molecule has 0 amide bonds. The lowest BCUT2D eigenvalue weighted by molar-refractivity contribution is -0.126. The molecule has 1 fully saturated rings. The van der Waals surface area contributed by atoms with E-state index in [0.29, 0.717) is 11.8 Å². The smallest absolute Gasteiger partial charge is 0.149 e. The Morgan fingerprint density at radius 2 is 2.10 bits per heavy atom. The van der Waals surface area contributed by atoms with E-state index < -0.39 is 0 Å². The van der Waals surface area contributed by atoms with Crippen LogP contribution in [0, 0.1) is 0 Å². The standard InChI is InChI=1S/C17H25NO2/c1-13(12-14-8-4-7-11-17(14)20-3)18(2)15-9-5-6-10-16(15)19/h4,7-8,11,13,15H,5-6,9-10,12H2,1-3H3. The first-order chi connectivity index (χ1) is 9.63. The molecule has 0 N–H and O–H groups in total. The quantitative estimate of drug-likeness (QED) is 0.827. The molecule has 1 aliphatic carbocycles. The van der Waals surface area contributed by atoms with Crippen LogP contribution in [-0.4, -0.2) is 36.9 Å². The molecule has 2 atom stereocenters. The van der Waals surface area contributed by atoms with Gasteiger partial charge < -0.3 is 4.74 Å². The molecule has 2 unspecified atom stereocenters. The Morgan fingerprint density at radius 3 is 2.80 bits per heavy atom. The highest BCUT2D eigenvalue weighted by molar-refractivity contribution is 5.84. The predicted octanol–water partition coefficient (Wildman–Crippen LogP) is 3.07. The number of ketones is 1. The van der Waals surface area contributed by atoms with Gasteiger partial charge in [-0.25, -0.2) is 0 Å². The third-order valence-electron chi connectivity index (χ3n) is 4.42. The number of carbonyl (C=O) groups excluding carboxylic acids is 1.